The molecular weight excluding hydrogens is 293 g/mol. The lowest BCUT2D eigenvalue weighted by atomic mass is 10.2. The van der Waals surface area contributed by atoms with Crippen LogP contribution in [0.3, 0.4) is 0 Å². The second-order valence-electron chi connectivity index (χ2n) is 4.40. The molecule has 0 amide bonds. The number of hydrogen-bond acceptors (Lipinski definition) is 3. The minimum atomic E-state index is -0.431. The molecule has 0 unspecified atom stereocenters. The number of halogens is 2. The third kappa shape index (κ3) is 4.20. The van der Waals surface area contributed by atoms with Gasteiger partial charge < -0.3 is 10.1 Å². The van der Waals surface area contributed by atoms with E-state index in [0.29, 0.717) is 18.7 Å². The first-order chi connectivity index (χ1) is 10.1. The summed E-state index contributed by atoms with van der Waals surface area (Å²) in [5, 5.41) is 3.28. The summed E-state index contributed by atoms with van der Waals surface area (Å²) in [7, 11) is 0. The van der Waals surface area contributed by atoms with E-state index < -0.39 is 5.82 Å². The highest BCUT2D eigenvalue weighted by Gasteiger charge is 2.05. The normalized spacial score (nSPS) is 10.2. The summed E-state index contributed by atoms with van der Waals surface area (Å²) < 4.78 is 18.0. The third-order valence-corrected chi connectivity index (χ3v) is 3.17. The summed E-state index contributed by atoms with van der Waals surface area (Å²) in [4.78, 5) is 11.5. The Morgan fingerprint density at radius 2 is 1.95 bits per heavy atom. The van der Waals surface area contributed by atoms with E-state index in [9.17, 15) is 9.18 Å². The molecule has 2 aromatic carbocycles. The van der Waals surface area contributed by atoms with Crippen LogP contribution in [0.4, 0.5) is 10.1 Å². The molecule has 0 radical (unpaired) electrons. The first-order valence-corrected chi connectivity index (χ1v) is 6.93. The number of rotatable bonds is 5. The predicted molar refractivity (Wildman–Crippen MR) is 81.1 cm³/mol. The minimum Gasteiger partial charge on any atom is -0.462 e. The summed E-state index contributed by atoms with van der Waals surface area (Å²) >= 11 is 5.73. The van der Waals surface area contributed by atoms with Crippen molar-refractivity contribution in [2.75, 3.05) is 11.9 Å². The van der Waals surface area contributed by atoms with E-state index in [0.717, 1.165) is 11.3 Å². The van der Waals surface area contributed by atoms with Gasteiger partial charge in [0.05, 0.1) is 17.2 Å². The van der Waals surface area contributed by atoms with Gasteiger partial charge in [-0.2, -0.15) is 0 Å². The zero-order valence-electron chi connectivity index (χ0n) is 11.5. The van der Waals surface area contributed by atoms with E-state index in [-0.39, 0.29) is 11.0 Å². The monoisotopic (exact) mass is 307 g/mol. The lowest BCUT2D eigenvalue weighted by Gasteiger charge is -2.08. The zero-order valence-corrected chi connectivity index (χ0v) is 12.3. The van der Waals surface area contributed by atoms with Gasteiger partial charge in [-0.3, -0.25) is 0 Å². The van der Waals surface area contributed by atoms with Gasteiger partial charge >= 0.3 is 5.97 Å². The molecular formula is C16H15ClFNO2. The molecule has 0 fully saturated rings. The van der Waals surface area contributed by atoms with E-state index in [2.05, 4.69) is 5.32 Å². The maximum atomic E-state index is 13.0. The fourth-order valence-corrected chi connectivity index (χ4v) is 2.00. The van der Waals surface area contributed by atoms with Crippen molar-refractivity contribution in [1.29, 1.82) is 0 Å². The van der Waals surface area contributed by atoms with Crippen molar-refractivity contribution in [3.63, 3.8) is 0 Å². The molecule has 1 N–H and O–H groups in total. The van der Waals surface area contributed by atoms with Crippen molar-refractivity contribution in [2.24, 2.45) is 0 Å². The van der Waals surface area contributed by atoms with Crippen molar-refractivity contribution in [3.8, 4) is 0 Å². The summed E-state index contributed by atoms with van der Waals surface area (Å²) in [6, 6.07) is 11.5. The van der Waals surface area contributed by atoms with Crippen molar-refractivity contribution in [3.05, 3.63) is 64.4 Å². The maximum absolute atomic E-state index is 13.0. The SMILES string of the molecule is CCOC(=O)c1ccc(NCc2ccc(F)c(Cl)c2)cc1. The molecule has 0 aromatic heterocycles. The molecule has 0 bridgehead atoms. The molecule has 3 nitrogen and oxygen atoms in total. The topological polar surface area (TPSA) is 38.3 Å². The van der Waals surface area contributed by atoms with Gasteiger partial charge in [-0.15, -0.1) is 0 Å². The van der Waals surface area contributed by atoms with Crippen molar-refractivity contribution in [2.45, 2.75) is 13.5 Å². The first-order valence-electron chi connectivity index (χ1n) is 6.55. The molecule has 0 saturated heterocycles. The van der Waals surface area contributed by atoms with Crippen LogP contribution in [0.5, 0.6) is 0 Å². The molecule has 0 atom stereocenters. The average Bonchev–Trinajstić information content (AvgIpc) is 2.49. The smallest absolute Gasteiger partial charge is 0.338 e. The van der Waals surface area contributed by atoms with Crippen LogP contribution in [-0.4, -0.2) is 12.6 Å². The van der Waals surface area contributed by atoms with Crippen LogP contribution >= 0.6 is 11.6 Å². The summed E-state index contributed by atoms with van der Waals surface area (Å²) in [6.45, 7) is 2.63. The second kappa shape index (κ2) is 7.09. The zero-order chi connectivity index (χ0) is 15.2. The fourth-order valence-electron chi connectivity index (χ4n) is 1.79. The van der Waals surface area contributed by atoms with Crippen LogP contribution < -0.4 is 5.32 Å². The Bertz CT molecular complexity index is 629. The highest BCUT2D eigenvalue weighted by Crippen LogP contribution is 2.17. The van der Waals surface area contributed by atoms with Gasteiger partial charge in [-0.25, -0.2) is 9.18 Å². The third-order valence-electron chi connectivity index (χ3n) is 2.88. The van der Waals surface area contributed by atoms with Crippen molar-refractivity contribution < 1.29 is 13.9 Å². The van der Waals surface area contributed by atoms with Crippen LogP contribution in [0.1, 0.15) is 22.8 Å². The Morgan fingerprint density at radius 3 is 2.57 bits per heavy atom. The Labute approximate surface area is 127 Å². The van der Waals surface area contributed by atoms with Crippen LogP contribution in [0.2, 0.25) is 5.02 Å². The number of carbonyl (C=O) groups excluding carboxylic acids is 1. The van der Waals surface area contributed by atoms with Gasteiger partial charge in [0, 0.05) is 12.2 Å². The molecule has 110 valence electrons. The Morgan fingerprint density at radius 1 is 1.24 bits per heavy atom. The lowest BCUT2D eigenvalue weighted by molar-refractivity contribution is 0.0526. The standard InChI is InChI=1S/C16H15ClFNO2/c1-2-21-16(20)12-4-6-13(7-5-12)19-10-11-3-8-15(18)14(17)9-11/h3-9,19H,2,10H2,1H3. The number of hydrogen-bond donors (Lipinski definition) is 1. The highest BCUT2D eigenvalue weighted by atomic mass is 35.5. The summed E-state index contributed by atoms with van der Waals surface area (Å²) in [6.07, 6.45) is 0. The van der Waals surface area contributed by atoms with Gasteiger partial charge in [-0.05, 0) is 48.9 Å². The molecule has 0 spiro atoms. The first kappa shape index (κ1) is 15.3. The average molecular weight is 308 g/mol. The molecule has 0 heterocycles. The largest absolute Gasteiger partial charge is 0.462 e. The highest BCUT2D eigenvalue weighted by molar-refractivity contribution is 6.30. The minimum absolute atomic E-state index is 0.104. The van der Waals surface area contributed by atoms with E-state index in [1.807, 2.05) is 0 Å². The fraction of sp³-hybridized carbons (Fsp3) is 0.188. The van der Waals surface area contributed by atoms with E-state index in [4.69, 9.17) is 16.3 Å². The molecule has 0 aliphatic heterocycles. The predicted octanol–water partition coefficient (Wildman–Crippen LogP) is 4.27. The molecule has 2 rings (SSSR count). The Balaban J connectivity index is 1.97. The van der Waals surface area contributed by atoms with Gasteiger partial charge in [-0.1, -0.05) is 17.7 Å². The number of esters is 1. The Hall–Kier alpha value is -2.07. The maximum Gasteiger partial charge on any atom is 0.338 e. The number of benzene rings is 2. The molecule has 0 aliphatic carbocycles. The van der Waals surface area contributed by atoms with Crippen LogP contribution in [0, 0.1) is 5.82 Å². The molecule has 0 saturated carbocycles. The van der Waals surface area contributed by atoms with Crippen LogP contribution in [0.25, 0.3) is 0 Å². The second-order valence-corrected chi connectivity index (χ2v) is 4.81. The number of ether oxygens (including phenoxy) is 1. The van der Waals surface area contributed by atoms with Crippen molar-refractivity contribution in [1.82, 2.24) is 0 Å². The van der Waals surface area contributed by atoms with E-state index in [1.165, 1.54) is 6.07 Å². The van der Waals surface area contributed by atoms with Gasteiger partial charge in [0.15, 0.2) is 0 Å². The van der Waals surface area contributed by atoms with Crippen LogP contribution in [0.15, 0.2) is 42.5 Å². The molecule has 21 heavy (non-hydrogen) atoms. The van der Waals surface area contributed by atoms with Gasteiger partial charge in [0.2, 0.25) is 0 Å². The molecule has 5 heteroatoms. The quantitative estimate of drug-likeness (QED) is 0.838. The number of carbonyl (C=O) groups is 1. The van der Waals surface area contributed by atoms with E-state index >= 15 is 0 Å². The van der Waals surface area contributed by atoms with E-state index in [1.54, 1.807) is 43.3 Å². The van der Waals surface area contributed by atoms with Gasteiger partial charge in [0.25, 0.3) is 0 Å². The summed E-state index contributed by atoms with van der Waals surface area (Å²) in [5.41, 5.74) is 2.23. The lowest BCUT2D eigenvalue weighted by Crippen LogP contribution is -2.05. The summed E-state index contributed by atoms with van der Waals surface area (Å²) in [5.74, 6) is -0.770. The Kier molecular flexibility index (Phi) is 5.17. The molecule has 2 aromatic rings. The van der Waals surface area contributed by atoms with Crippen molar-refractivity contribution >= 4 is 23.3 Å². The number of anilines is 1. The molecule has 0 aliphatic rings. The van der Waals surface area contributed by atoms with Gasteiger partial charge in [0.1, 0.15) is 5.82 Å². The van der Waals surface area contributed by atoms with Crippen LogP contribution in [-0.2, 0) is 11.3 Å². The number of nitrogens with one attached hydrogen (secondary N) is 1.